The van der Waals surface area contributed by atoms with Crippen LogP contribution in [0.15, 0.2) is 48.7 Å². The predicted octanol–water partition coefficient (Wildman–Crippen LogP) is 2.54. The number of anilines is 2. The molecule has 0 atom stereocenters. The van der Waals surface area contributed by atoms with Crippen LogP contribution >= 0.6 is 0 Å². The van der Waals surface area contributed by atoms with Crippen molar-refractivity contribution in [3.05, 3.63) is 54.2 Å². The second-order valence-electron chi connectivity index (χ2n) is 6.05. The Balaban J connectivity index is 1.43. The molecule has 1 fully saturated rings. The average molecular weight is 324 g/mol. The molecule has 126 valence electrons. The SMILES string of the molecule is Cc1ccccc1NCCC(=O)N1CCN(c2ccccn2)CC1. The molecule has 1 amide bonds. The Morgan fingerprint density at radius 1 is 1.08 bits per heavy atom. The van der Waals surface area contributed by atoms with E-state index < -0.39 is 0 Å². The van der Waals surface area contributed by atoms with Gasteiger partial charge in [0.05, 0.1) is 0 Å². The van der Waals surface area contributed by atoms with Crippen LogP contribution < -0.4 is 10.2 Å². The van der Waals surface area contributed by atoms with Crippen molar-refractivity contribution in [2.24, 2.45) is 0 Å². The van der Waals surface area contributed by atoms with Crippen molar-refractivity contribution in [1.82, 2.24) is 9.88 Å². The minimum absolute atomic E-state index is 0.219. The summed E-state index contributed by atoms with van der Waals surface area (Å²) in [6, 6.07) is 14.1. The van der Waals surface area contributed by atoms with Crippen LogP contribution in [0.2, 0.25) is 0 Å². The van der Waals surface area contributed by atoms with Gasteiger partial charge in [0.15, 0.2) is 0 Å². The molecule has 1 aromatic heterocycles. The van der Waals surface area contributed by atoms with Crippen LogP contribution in [0.5, 0.6) is 0 Å². The van der Waals surface area contributed by atoms with Gasteiger partial charge in [-0.3, -0.25) is 4.79 Å². The Bertz CT molecular complexity index is 666. The third kappa shape index (κ3) is 4.04. The quantitative estimate of drug-likeness (QED) is 0.918. The molecule has 1 aliphatic rings. The fraction of sp³-hybridized carbons (Fsp3) is 0.368. The molecule has 0 aliphatic carbocycles. The number of hydrogen-bond donors (Lipinski definition) is 1. The van der Waals surface area contributed by atoms with Gasteiger partial charge in [0.1, 0.15) is 5.82 Å². The number of rotatable bonds is 5. The summed E-state index contributed by atoms with van der Waals surface area (Å²) in [4.78, 5) is 20.9. The van der Waals surface area contributed by atoms with E-state index in [9.17, 15) is 4.79 Å². The molecule has 0 saturated carbocycles. The first-order valence-electron chi connectivity index (χ1n) is 8.47. The lowest BCUT2D eigenvalue weighted by molar-refractivity contribution is -0.131. The lowest BCUT2D eigenvalue weighted by atomic mass is 10.2. The first-order valence-corrected chi connectivity index (χ1v) is 8.47. The number of carbonyl (C=O) groups is 1. The molecule has 1 saturated heterocycles. The largest absolute Gasteiger partial charge is 0.384 e. The Morgan fingerprint density at radius 3 is 2.54 bits per heavy atom. The van der Waals surface area contributed by atoms with Gasteiger partial charge >= 0.3 is 0 Å². The summed E-state index contributed by atoms with van der Waals surface area (Å²) >= 11 is 0. The fourth-order valence-corrected chi connectivity index (χ4v) is 2.96. The first kappa shape index (κ1) is 16.3. The van der Waals surface area contributed by atoms with Gasteiger partial charge in [0.2, 0.25) is 5.91 Å². The molecule has 0 spiro atoms. The zero-order valence-corrected chi connectivity index (χ0v) is 14.1. The zero-order chi connectivity index (χ0) is 16.8. The molecular formula is C19H24N4O. The van der Waals surface area contributed by atoms with E-state index in [-0.39, 0.29) is 5.91 Å². The summed E-state index contributed by atoms with van der Waals surface area (Å²) in [5.41, 5.74) is 2.30. The molecule has 5 nitrogen and oxygen atoms in total. The Kier molecular flexibility index (Phi) is 5.31. The van der Waals surface area contributed by atoms with Crippen LogP contribution in [0.4, 0.5) is 11.5 Å². The zero-order valence-electron chi connectivity index (χ0n) is 14.1. The normalized spacial score (nSPS) is 14.5. The van der Waals surface area contributed by atoms with E-state index in [2.05, 4.69) is 28.2 Å². The van der Waals surface area contributed by atoms with Crippen LogP contribution in [0, 0.1) is 6.92 Å². The highest BCUT2D eigenvalue weighted by molar-refractivity contribution is 5.77. The topological polar surface area (TPSA) is 48.5 Å². The lowest BCUT2D eigenvalue weighted by Gasteiger charge is -2.35. The van der Waals surface area contributed by atoms with Gasteiger partial charge in [-0.2, -0.15) is 0 Å². The molecule has 24 heavy (non-hydrogen) atoms. The summed E-state index contributed by atoms with van der Waals surface area (Å²) in [7, 11) is 0. The van der Waals surface area contributed by atoms with Crippen LogP contribution in [-0.2, 0) is 4.79 Å². The number of aryl methyl sites for hydroxylation is 1. The number of pyridine rings is 1. The maximum Gasteiger partial charge on any atom is 0.224 e. The molecule has 3 rings (SSSR count). The molecule has 1 N–H and O–H groups in total. The summed E-state index contributed by atoms with van der Waals surface area (Å²) in [5.74, 6) is 1.21. The standard InChI is InChI=1S/C19H24N4O/c1-16-6-2-3-7-17(16)20-11-9-19(24)23-14-12-22(13-15-23)18-8-4-5-10-21-18/h2-8,10,20H,9,11-15H2,1H3. The van der Waals surface area contributed by atoms with Crippen LogP contribution in [0.1, 0.15) is 12.0 Å². The van der Waals surface area contributed by atoms with Gasteiger partial charge in [-0.25, -0.2) is 4.98 Å². The summed E-state index contributed by atoms with van der Waals surface area (Å²) < 4.78 is 0. The Morgan fingerprint density at radius 2 is 1.83 bits per heavy atom. The van der Waals surface area contributed by atoms with Gasteiger partial charge in [-0.15, -0.1) is 0 Å². The average Bonchev–Trinajstić information content (AvgIpc) is 2.64. The molecule has 2 aromatic rings. The minimum Gasteiger partial charge on any atom is -0.384 e. The van der Waals surface area contributed by atoms with Crippen molar-refractivity contribution >= 4 is 17.4 Å². The number of piperazine rings is 1. The molecule has 1 aliphatic heterocycles. The van der Waals surface area contributed by atoms with Crippen molar-refractivity contribution in [2.45, 2.75) is 13.3 Å². The maximum atomic E-state index is 12.4. The summed E-state index contributed by atoms with van der Waals surface area (Å²) in [5, 5.41) is 3.35. The summed E-state index contributed by atoms with van der Waals surface area (Å²) in [6.07, 6.45) is 2.34. The highest BCUT2D eigenvalue weighted by Gasteiger charge is 2.21. The monoisotopic (exact) mass is 324 g/mol. The molecule has 0 bridgehead atoms. The van der Waals surface area contributed by atoms with E-state index in [0.29, 0.717) is 13.0 Å². The summed E-state index contributed by atoms with van der Waals surface area (Å²) in [6.45, 7) is 5.95. The lowest BCUT2D eigenvalue weighted by Crippen LogP contribution is -2.49. The number of aromatic nitrogens is 1. The number of para-hydroxylation sites is 1. The fourth-order valence-electron chi connectivity index (χ4n) is 2.96. The van der Waals surface area contributed by atoms with E-state index in [1.165, 1.54) is 5.56 Å². The number of amides is 1. The molecule has 0 radical (unpaired) electrons. The van der Waals surface area contributed by atoms with E-state index in [0.717, 1.165) is 37.7 Å². The van der Waals surface area contributed by atoms with Gasteiger partial charge in [0.25, 0.3) is 0 Å². The van der Waals surface area contributed by atoms with Crippen molar-refractivity contribution in [2.75, 3.05) is 42.9 Å². The van der Waals surface area contributed by atoms with E-state index >= 15 is 0 Å². The van der Waals surface area contributed by atoms with E-state index in [4.69, 9.17) is 0 Å². The van der Waals surface area contributed by atoms with Crippen molar-refractivity contribution in [3.8, 4) is 0 Å². The minimum atomic E-state index is 0.219. The van der Waals surface area contributed by atoms with Crippen LogP contribution in [-0.4, -0.2) is 48.5 Å². The second-order valence-corrected chi connectivity index (χ2v) is 6.05. The predicted molar refractivity (Wildman–Crippen MR) is 97.3 cm³/mol. The van der Waals surface area contributed by atoms with Crippen LogP contribution in [0.3, 0.4) is 0 Å². The number of nitrogens with one attached hydrogen (secondary N) is 1. The van der Waals surface area contributed by atoms with Crippen molar-refractivity contribution in [1.29, 1.82) is 0 Å². The molecule has 5 heteroatoms. The highest BCUT2D eigenvalue weighted by Crippen LogP contribution is 2.14. The Labute approximate surface area is 143 Å². The van der Waals surface area contributed by atoms with E-state index in [1.54, 1.807) is 0 Å². The molecule has 0 unspecified atom stereocenters. The third-order valence-electron chi connectivity index (χ3n) is 4.41. The molecule has 1 aromatic carbocycles. The number of nitrogens with zero attached hydrogens (tertiary/aromatic N) is 3. The third-order valence-corrected chi connectivity index (χ3v) is 4.41. The molecule has 2 heterocycles. The number of carbonyl (C=O) groups excluding carboxylic acids is 1. The van der Waals surface area contributed by atoms with Gasteiger partial charge in [0, 0.05) is 51.0 Å². The Hall–Kier alpha value is -2.56. The molecular weight excluding hydrogens is 300 g/mol. The first-order chi connectivity index (χ1) is 11.7. The number of benzene rings is 1. The number of hydrogen-bond acceptors (Lipinski definition) is 4. The maximum absolute atomic E-state index is 12.4. The van der Waals surface area contributed by atoms with E-state index in [1.807, 2.05) is 47.5 Å². The van der Waals surface area contributed by atoms with Gasteiger partial charge < -0.3 is 15.1 Å². The van der Waals surface area contributed by atoms with Crippen molar-refractivity contribution < 1.29 is 4.79 Å². The second kappa shape index (κ2) is 7.81. The van der Waals surface area contributed by atoms with Gasteiger partial charge in [-0.05, 0) is 30.7 Å². The van der Waals surface area contributed by atoms with Gasteiger partial charge in [-0.1, -0.05) is 24.3 Å². The van der Waals surface area contributed by atoms with Crippen molar-refractivity contribution in [3.63, 3.8) is 0 Å². The highest BCUT2D eigenvalue weighted by atomic mass is 16.2. The smallest absolute Gasteiger partial charge is 0.224 e. The van der Waals surface area contributed by atoms with Crippen LogP contribution in [0.25, 0.3) is 0 Å².